The molecule has 1 aliphatic carbocycles. The molecule has 0 unspecified atom stereocenters. The highest BCUT2D eigenvalue weighted by atomic mass is 16.5. The summed E-state index contributed by atoms with van der Waals surface area (Å²) in [6.07, 6.45) is 6.39. The van der Waals surface area contributed by atoms with Crippen molar-refractivity contribution in [2.45, 2.75) is 19.4 Å². The van der Waals surface area contributed by atoms with E-state index in [0.29, 0.717) is 13.1 Å². The molecule has 21 heavy (non-hydrogen) atoms. The Hall–Kier alpha value is -2.01. The molecule has 5 heteroatoms. The summed E-state index contributed by atoms with van der Waals surface area (Å²) in [6, 6.07) is 5.91. The monoisotopic (exact) mass is 287 g/mol. The summed E-state index contributed by atoms with van der Waals surface area (Å²) >= 11 is 0. The van der Waals surface area contributed by atoms with E-state index in [2.05, 4.69) is 5.10 Å². The fourth-order valence-corrected chi connectivity index (χ4v) is 2.26. The van der Waals surface area contributed by atoms with Crippen molar-refractivity contribution in [2.75, 3.05) is 20.3 Å². The lowest BCUT2D eigenvalue weighted by atomic mass is 10.1. The van der Waals surface area contributed by atoms with Gasteiger partial charge in [0.25, 0.3) is 0 Å². The second kappa shape index (κ2) is 6.18. The van der Waals surface area contributed by atoms with Crippen LogP contribution in [0.3, 0.4) is 0 Å². The van der Waals surface area contributed by atoms with E-state index in [1.54, 1.807) is 7.11 Å². The minimum Gasteiger partial charge on any atom is -0.496 e. The molecule has 3 rings (SSSR count). The third-order valence-corrected chi connectivity index (χ3v) is 3.66. The first kappa shape index (κ1) is 13.9. The van der Waals surface area contributed by atoms with Crippen molar-refractivity contribution < 1.29 is 9.47 Å². The van der Waals surface area contributed by atoms with Crippen molar-refractivity contribution >= 4 is 0 Å². The van der Waals surface area contributed by atoms with Gasteiger partial charge in [0, 0.05) is 23.9 Å². The van der Waals surface area contributed by atoms with Crippen LogP contribution >= 0.6 is 0 Å². The molecule has 0 spiro atoms. The summed E-state index contributed by atoms with van der Waals surface area (Å²) < 4.78 is 13.1. The Morgan fingerprint density at radius 2 is 2.24 bits per heavy atom. The number of methoxy groups -OCH3 is 1. The molecule has 112 valence electrons. The molecule has 1 heterocycles. The van der Waals surface area contributed by atoms with Gasteiger partial charge in [0.05, 0.1) is 26.5 Å². The van der Waals surface area contributed by atoms with Crippen LogP contribution in [0.1, 0.15) is 12.8 Å². The molecule has 2 N–H and O–H groups in total. The molecule has 0 radical (unpaired) electrons. The maximum atomic E-state index is 5.84. The number of aromatic nitrogens is 2. The lowest BCUT2D eigenvalue weighted by molar-refractivity contribution is 0.299. The van der Waals surface area contributed by atoms with E-state index in [1.165, 1.54) is 12.8 Å². The van der Waals surface area contributed by atoms with E-state index in [-0.39, 0.29) is 0 Å². The molecule has 0 atom stereocenters. The molecule has 0 bridgehead atoms. The van der Waals surface area contributed by atoms with Gasteiger partial charge < -0.3 is 15.2 Å². The second-order valence-corrected chi connectivity index (χ2v) is 5.40. The molecule has 1 aromatic carbocycles. The summed E-state index contributed by atoms with van der Waals surface area (Å²) in [4.78, 5) is 0. The highest BCUT2D eigenvalue weighted by Gasteiger charge is 2.22. The Labute approximate surface area is 124 Å². The van der Waals surface area contributed by atoms with Gasteiger partial charge >= 0.3 is 0 Å². The Morgan fingerprint density at radius 3 is 2.95 bits per heavy atom. The highest BCUT2D eigenvalue weighted by molar-refractivity contribution is 5.71. The van der Waals surface area contributed by atoms with Gasteiger partial charge in [-0.2, -0.15) is 5.10 Å². The van der Waals surface area contributed by atoms with E-state index in [9.17, 15) is 0 Å². The average Bonchev–Trinajstić information content (AvgIpc) is 3.23. The third kappa shape index (κ3) is 3.36. The van der Waals surface area contributed by atoms with E-state index in [1.807, 2.05) is 35.3 Å². The SMILES string of the molecule is COc1ccc(OCC2CC2)cc1-c1cnn(CCN)c1. The van der Waals surface area contributed by atoms with Crippen LogP contribution in [0.4, 0.5) is 0 Å². The van der Waals surface area contributed by atoms with E-state index < -0.39 is 0 Å². The smallest absolute Gasteiger partial charge is 0.127 e. The molecular weight excluding hydrogens is 266 g/mol. The summed E-state index contributed by atoms with van der Waals surface area (Å²) in [5.74, 6) is 2.44. The molecule has 1 saturated carbocycles. The zero-order valence-electron chi connectivity index (χ0n) is 12.3. The van der Waals surface area contributed by atoms with E-state index >= 15 is 0 Å². The van der Waals surface area contributed by atoms with Crippen LogP contribution in [0.2, 0.25) is 0 Å². The second-order valence-electron chi connectivity index (χ2n) is 5.40. The molecule has 1 fully saturated rings. The minimum absolute atomic E-state index is 0.572. The van der Waals surface area contributed by atoms with Gasteiger partial charge in [0.2, 0.25) is 0 Å². The van der Waals surface area contributed by atoms with Crippen LogP contribution < -0.4 is 15.2 Å². The molecular formula is C16H21N3O2. The quantitative estimate of drug-likeness (QED) is 0.849. The fourth-order valence-electron chi connectivity index (χ4n) is 2.26. The van der Waals surface area contributed by atoms with Gasteiger partial charge in [-0.15, -0.1) is 0 Å². The van der Waals surface area contributed by atoms with Crippen molar-refractivity contribution in [3.05, 3.63) is 30.6 Å². The predicted octanol–water partition coefficient (Wildman–Crippen LogP) is 2.31. The lowest BCUT2D eigenvalue weighted by Gasteiger charge is -2.10. The number of nitrogens with zero attached hydrogens (tertiary/aromatic N) is 2. The zero-order chi connectivity index (χ0) is 14.7. The summed E-state index contributed by atoms with van der Waals surface area (Å²) in [5.41, 5.74) is 7.56. The first-order valence-corrected chi connectivity index (χ1v) is 7.34. The van der Waals surface area contributed by atoms with Crippen LogP contribution in [0.5, 0.6) is 11.5 Å². The molecule has 1 aliphatic rings. The molecule has 0 amide bonds. The van der Waals surface area contributed by atoms with Crippen LogP contribution in [-0.4, -0.2) is 30.0 Å². The normalized spacial score (nSPS) is 14.2. The molecule has 1 aromatic heterocycles. The molecule has 0 saturated heterocycles. The number of hydrogen-bond acceptors (Lipinski definition) is 4. The number of ether oxygens (including phenoxy) is 2. The molecule has 0 aliphatic heterocycles. The summed E-state index contributed by atoms with van der Waals surface area (Å²) in [6.45, 7) is 2.08. The van der Waals surface area contributed by atoms with E-state index in [0.717, 1.165) is 35.2 Å². The number of nitrogens with two attached hydrogens (primary N) is 1. The van der Waals surface area contributed by atoms with Gasteiger partial charge in [-0.25, -0.2) is 0 Å². The average molecular weight is 287 g/mol. The van der Waals surface area contributed by atoms with Gasteiger partial charge in [0.1, 0.15) is 11.5 Å². The van der Waals surface area contributed by atoms with Gasteiger partial charge in [0.15, 0.2) is 0 Å². The van der Waals surface area contributed by atoms with Crippen molar-refractivity contribution in [1.82, 2.24) is 9.78 Å². The minimum atomic E-state index is 0.572. The van der Waals surface area contributed by atoms with Crippen LogP contribution in [-0.2, 0) is 6.54 Å². The number of benzene rings is 1. The standard InChI is InChI=1S/C16H21N3O2/c1-20-16-5-4-14(21-11-12-2-3-12)8-15(16)13-9-18-19(10-13)7-6-17/h4-5,8-10,12H,2-3,6-7,11,17H2,1H3. The van der Waals surface area contributed by atoms with Crippen LogP contribution in [0.15, 0.2) is 30.6 Å². The largest absolute Gasteiger partial charge is 0.496 e. The predicted molar refractivity (Wildman–Crippen MR) is 81.5 cm³/mol. The fraction of sp³-hybridized carbons (Fsp3) is 0.438. The maximum Gasteiger partial charge on any atom is 0.127 e. The summed E-state index contributed by atoms with van der Waals surface area (Å²) in [7, 11) is 1.67. The topological polar surface area (TPSA) is 62.3 Å². The first-order chi connectivity index (χ1) is 10.3. The Kier molecular flexibility index (Phi) is 4.10. The highest BCUT2D eigenvalue weighted by Crippen LogP contribution is 2.34. The zero-order valence-corrected chi connectivity index (χ0v) is 12.3. The third-order valence-electron chi connectivity index (χ3n) is 3.66. The van der Waals surface area contributed by atoms with Gasteiger partial charge in [-0.05, 0) is 37.0 Å². The van der Waals surface area contributed by atoms with Crippen molar-refractivity contribution in [3.8, 4) is 22.6 Å². The van der Waals surface area contributed by atoms with Crippen molar-refractivity contribution in [3.63, 3.8) is 0 Å². The molecule has 2 aromatic rings. The van der Waals surface area contributed by atoms with Crippen LogP contribution in [0, 0.1) is 5.92 Å². The van der Waals surface area contributed by atoms with Gasteiger partial charge in [-0.1, -0.05) is 0 Å². The Balaban J connectivity index is 1.83. The van der Waals surface area contributed by atoms with Gasteiger partial charge in [-0.3, -0.25) is 4.68 Å². The van der Waals surface area contributed by atoms with Crippen molar-refractivity contribution in [2.24, 2.45) is 11.7 Å². The Bertz CT molecular complexity index is 605. The Morgan fingerprint density at radius 1 is 1.38 bits per heavy atom. The first-order valence-electron chi connectivity index (χ1n) is 7.34. The number of rotatable bonds is 7. The van der Waals surface area contributed by atoms with E-state index in [4.69, 9.17) is 15.2 Å². The van der Waals surface area contributed by atoms with Crippen molar-refractivity contribution in [1.29, 1.82) is 0 Å². The summed E-state index contributed by atoms with van der Waals surface area (Å²) in [5, 5.41) is 4.31. The lowest BCUT2D eigenvalue weighted by Crippen LogP contribution is -2.09. The molecule has 5 nitrogen and oxygen atoms in total. The number of hydrogen-bond donors (Lipinski definition) is 1. The maximum absolute atomic E-state index is 5.84. The van der Waals surface area contributed by atoms with Crippen LogP contribution in [0.25, 0.3) is 11.1 Å².